The summed E-state index contributed by atoms with van der Waals surface area (Å²) in [6.07, 6.45) is 0. The van der Waals surface area contributed by atoms with Gasteiger partial charge in [-0.3, -0.25) is 0 Å². The Morgan fingerprint density at radius 2 is 0.952 bits per heavy atom. The quantitative estimate of drug-likeness (QED) is 0.144. The summed E-state index contributed by atoms with van der Waals surface area (Å²) in [4.78, 5) is 9.68. The van der Waals surface area contributed by atoms with Gasteiger partial charge >= 0.3 is 0 Å². The number of para-hydroxylation sites is 4. The first-order chi connectivity index (χ1) is 30.8. The molecule has 0 spiro atoms. The van der Waals surface area contributed by atoms with Crippen molar-refractivity contribution in [2.75, 3.05) is 9.80 Å². The number of hydrogen-bond acceptors (Lipinski definition) is 4. The molecule has 62 heavy (non-hydrogen) atoms. The standard InChI is InChI=1S/C57H38N4O/c1-5-18-39(19-6-1)57-58-51-34-32-40-36-54(47-28-13-14-30-49(47)55(40)56(51)62-57)60(42-22-9-3-10-23-42)45-27-17-26-44(37-45)59(41-20-7-2-8-21-41)46-33-35-53-50(38-46)48-29-15-16-31-52(48)61(53)43-24-11-4-12-25-43/h1-38H. The van der Waals surface area contributed by atoms with E-state index in [0.29, 0.717) is 5.89 Å². The van der Waals surface area contributed by atoms with Gasteiger partial charge in [-0.2, -0.15) is 0 Å². The highest BCUT2D eigenvalue weighted by atomic mass is 16.3. The molecule has 0 N–H and O–H groups in total. The Morgan fingerprint density at radius 1 is 0.387 bits per heavy atom. The van der Waals surface area contributed by atoms with Crippen LogP contribution in [0.25, 0.3) is 71.6 Å². The minimum atomic E-state index is 0.619. The molecule has 0 aliphatic heterocycles. The topological polar surface area (TPSA) is 37.4 Å². The number of oxazole rings is 1. The number of anilines is 6. The van der Waals surface area contributed by atoms with Crippen molar-refractivity contribution >= 4 is 88.6 Å². The van der Waals surface area contributed by atoms with Gasteiger partial charge in [-0.05, 0) is 114 Å². The van der Waals surface area contributed by atoms with Crippen molar-refractivity contribution < 1.29 is 4.42 Å². The van der Waals surface area contributed by atoms with Crippen LogP contribution < -0.4 is 9.80 Å². The van der Waals surface area contributed by atoms with E-state index in [4.69, 9.17) is 9.40 Å². The zero-order valence-corrected chi connectivity index (χ0v) is 33.6. The Balaban J connectivity index is 1.05. The Labute approximate surface area is 358 Å². The van der Waals surface area contributed by atoms with Gasteiger partial charge in [0.1, 0.15) is 5.52 Å². The summed E-state index contributed by atoms with van der Waals surface area (Å²) < 4.78 is 8.98. The average Bonchev–Trinajstić information content (AvgIpc) is 3.93. The Hall–Kier alpha value is -8.41. The molecule has 0 fully saturated rings. The molecule has 0 aliphatic rings. The molecule has 0 amide bonds. The Bertz CT molecular complexity index is 3580. The zero-order chi connectivity index (χ0) is 41.0. The predicted molar refractivity (Wildman–Crippen MR) is 258 cm³/mol. The minimum absolute atomic E-state index is 0.619. The lowest BCUT2D eigenvalue weighted by atomic mass is 9.98. The second-order valence-electron chi connectivity index (χ2n) is 15.6. The summed E-state index contributed by atoms with van der Waals surface area (Å²) in [5.74, 6) is 0.619. The highest BCUT2D eigenvalue weighted by molar-refractivity contribution is 6.22. The normalized spacial score (nSPS) is 11.5. The largest absolute Gasteiger partial charge is 0.435 e. The maximum atomic E-state index is 6.61. The van der Waals surface area contributed by atoms with E-state index in [2.05, 4.69) is 215 Å². The highest BCUT2D eigenvalue weighted by Gasteiger charge is 2.23. The molecule has 0 unspecified atom stereocenters. The van der Waals surface area contributed by atoms with Gasteiger partial charge in [-0.1, -0.05) is 127 Å². The SMILES string of the molecule is c1ccc(-c2nc3ccc4cc(N(c5ccccc5)c5cccc(N(c6ccccc6)c6ccc7c(c6)c6ccccc6n7-c6ccccc6)c5)c5ccccc5c4c3o2)cc1. The van der Waals surface area contributed by atoms with Gasteiger partial charge in [0.05, 0.1) is 16.7 Å². The Morgan fingerprint density at radius 3 is 1.69 bits per heavy atom. The number of hydrogen-bond donors (Lipinski definition) is 0. The Kier molecular flexibility index (Phi) is 8.42. The van der Waals surface area contributed by atoms with Crippen molar-refractivity contribution in [3.05, 3.63) is 231 Å². The van der Waals surface area contributed by atoms with Crippen LogP contribution in [0.3, 0.4) is 0 Å². The molecular formula is C57H38N4O. The van der Waals surface area contributed by atoms with Gasteiger partial charge in [-0.25, -0.2) is 4.98 Å². The number of rotatable bonds is 8. The third kappa shape index (κ3) is 5.90. The van der Waals surface area contributed by atoms with E-state index < -0.39 is 0 Å². The molecule has 0 radical (unpaired) electrons. The lowest BCUT2D eigenvalue weighted by Crippen LogP contribution is -2.13. The highest BCUT2D eigenvalue weighted by Crippen LogP contribution is 2.46. The third-order valence-corrected chi connectivity index (χ3v) is 11.9. The van der Waals surface area contributed by atoms with Crippen LogP contribution >= 0.6 is 0 Å². The number of nitrogens with zero attached hydrogens (tertiary/aromatic N) is 4. The van der Waals surface area contributed by atoms with Crippen LogP contribution in [0.15, 0.2) is 235 Å². The first-order valence-corrected chi connectivity index (χ1v) is 21.0. The fraction of sp³-hybridized carbons (Fsp3) is 0. The maximum Gasteiger partial charge on any atom is 0.227 e. The van der Waals surface area contributed by atoms with Crippen molar-refractivity contribution in [3.63, 3.8) is 0 Å². The summed E-state index contributed by atoms with van der Waals surface area (Å²) >= 11 is 0. The fourth-order valence-electron chi connectivity index (χ4n) is 9.20. The molecule has 292 valence electrons. The number of fused-ring (bicyclic) bond motifs is 8. The van der Waals surface area contributed by atoms with Crippen LogP contribution in [-0.4, -0.2) is 9.55 Å². The van der Waals surface area contributed by atoms with E-state index >= 15 is 0 Å². The minimum Gasteiger partial charge on any atom is -0.435 e. The first kappa shape index (κ1) is 35.5. The second kappa shape index (κ2) is 14.7. The van der Waals surface area contributed by atoms with Gasteiger partial charge in [0.2, 0.25) is 5.89 Å². The van der Waals surface area contributed by atoms with Gasteiger partial charge < -0.3 is 18.8 Å². The number of aromatic nitrogens is 2. The van der Waals surface area contributed by atoms with E-state index in [1.165, 1.54) is 21.8 Å². The summed E-state index contributed by atoms with van der Waals surface area (Å²) in [6, 6.07) is 81.7. The van der Waals surface area contributed by atoms with Crippen LogP contribution in [0.5, 0.6) is 0 Å². The first-order valence-electron chi connectivity index (χ1n) is 21.0. The van der Waals surface area contributed by atoms with Crippen LogP contribution in [-0.2, 0) is 0 Å². The molecular weight excluding hydrogens is 757 g/mol. The van der Waals surface area contributed by atoms with E-state index in [-0.39, 0.29) is 0 Å². The maximum absolute atomic E-state index is 6.61. The van der Waals surface area contributed by atoms with Gasteiger partial charge in [-0.15, -0.1) is 0 Å². The molecule has 0 atom stereocenters. The lowest BCUT2D eigenvalue weighted by Gasteiger charge is -2.30. The monoisotopic (exact) mass is 794 g/mol. The third-order valence-electron chi connectivity index (χ3n) is 11.9. The lowest BCUT2D eigenvalue weighted by molar-refractivity contribution is 0.623. The van der Waals surface area contributed by atoms with E-state index in [0.717, 1.165) is 78.0 Å². The van der Waals surface area contributed by atoms with Crippen LogP contribution in [0.1, 0.15) is 0 Å². The molecule has 10 aromatic carbocycles. The molecule has 5 nitrogen and oxygen atoms in total. The van der Waals surface area contributed by atoms with E-state index in [1.54, 1.807) is 0 Å². The average molecular weight is 795 g/mol. The molecule has 5 heteroatoms. The van der Waals surface area contributed by atoms with Crippen molar-refractivity contribution in [1.29, 1.82) is 0 Å². The molecule has 12 rings (SSSR count). The van der Waals surface area contributed by atoms with Crippen molar-refractivity contribution in [2.24, 2.45) is 0 Å². The van der Waals surface area contributed by atoms with E-state index in [9.17, 15) is 0 Å². The van der Waals surface area contributed by atoms with Crippen molar-refractivity contribution in [3.8, 4) is 17.1 Å². The molecule has 0 aliphatic carbocycles. The second-order valence-corrected chi connectivity index (χ2v) is 15.6. The molecule has 0 saturated heterocycles. The summed E-state index contributed by atoms with van der Waals surface area (Å²) in [5, 5.41) is 6.76. The predicted octanol–water partition coefficient (Wildman–Crippen LogP) is 15.8. The van der Waals surface area contributed by atoms with Crippen LogP contribution in [0.2, 0.25) is 0 Å². The van der Waals surface area contributed by atoms with Crippen LogP contribution in [0.4, 0.5) is 34.1 Å². The molecule has 12 aromatic rings. The van der Waals surface area contributed by atoms with Crippen molar-refractivity contribution in [1.82, 2.24) is 9.55 Å². The van der Waals surface area contributed by atoms with E-state index in [1.807, 2.05) is 30.3 Å². The molecule has 2 heterocycles. The fourth-order valence-corrected chi connectivity index (χ4v) is 9.20. The van der Waals surface area contributed by atoms with Gasteiger partial charge in [0.15, 0.2) is 5.58 Å². The smallest absolute Gasteiger partial charge is 0.227 e. The summed E-state index contributed by atoms with van der Waals surface area (Å²) in [7, 11) is 0. The van der Waals surface area contributed by atoms with Crippen molar-refractivity contribution in [2.45, 2.75) is 0 Å². The molecule has 2 aromatic heterocycles. The molecule has 0 saturated carbocycles. The van der Waals surface area contributed by atoms with Gasteiger partial charge in [0.25, 0.3) is 0 Å². The molecule has 0 bridgehead atoms. The zero-order valence-electron chi connectivity index (χ0n) is 33.6. The number of benzene rings is 10. The summed E-state index contributed by atoms with van der Waals surface area (Å²) in [6.45, 7) is 0. The van der Waals surface area contributed by atoms with Crippen LogP contribution in [0, 0.1) is 0 Å². The summed E-state index contributed by atoms with van der Waals surface area (Å²) in [5.41, 5.74) is 12.4. The van der Waals surface area contributed by atoms with Gasteiger partial charge in [0, 0.05) is 61.2 Å².